The fraction of sp³-hybridized carbons (Fsp3) is 0.484. The van der Waals surface area contributed by atoms with Crippen LogP contribution in [-0.2, 0) is 25.7 Å². The van der Waals surface area contributed by atoms with Crippen LogP contribution in [-0.4, -0.2) is 89.7 Å². The Morgan fingerprint density at radius 2 is 2.02 bits per heavy atom. The summed E-state index contributed by atoms with van der Waals surface area (Å²) < 4.78 is 25.0. The number of aromatic nitrogens is 1. The Kier molecular flexibility index (Phi) is 12.9. The second-order valence-corrected chi connectivity index (χ2v) is 11.3. The van der Waals surface area contributed by atoms with Gasteiger partial charge in [-0.15, -0.1) is 0 Å². The molecule has 1 aliphatic rings. The number of carbonyl (C=O) groups excluding carboxylic acids is 4. The smallest absolute Gasteiger partial charge is 0.324 e. The number of aliphatic hydroxyl groups is 1. The van der Waals surface area contributed by atoms with Crippen LogP contribution in [0.1, 0.15) is 47.6 Å². The van der Waals surface area contributed by atoms with Gasteiger partial charge in [0.2, 0.25) is 5.76 Å². The molecule has 2 amide bonds. The first kappa shape index (κ1) is 35.0. The summed E-state index contributed by atoms with van der Waals surface area (Å²) in [5.41, 5.74) is 1.61. The average Bonchev–Trinajstić information content (AvgIpc) is 3.65. The first-order chi connectivity index (χ1) is 21.4. The number of nitrogens with one attached hydrogen (secondary N) is 3. The van der Waals surface area contributed by atoms with E-state index in [1.54, 1.807) is 32.1 Å². The zero-order valence-electron chi connectivity index (χ0n) is 25.7. The van der Waals surface area contributed by atoms with Crippen molar-refractivity contribution in [3.8, 4) is 6.07 Å². The molecule has 0 radical (unpaired) electrons. The quantitative estimate of drug-likeness (QED) is 0.0959. The van der Waals surface area contributed by atoms with Crippen molar-refractivity contribution in [3.63, 3.8) is 0 Å². The highest BCUT2D eigenvalue weighted by atomic mass is 19.1. The lowest BCUT2D eigenvalue weighted by molar-refractivity contribution is -0.151. The molecule has 0 spiro atoms. The molecule has 0 unspecified atom stereocenters. The molecule has 2 heterocycles. The van der Waals surface area contributed by atoms with Crippen molar-refractivity contribution in [2.24, 2.45) is 5.92 Å². The van der Waals surface area contributed by atoms with Gasteiger partial charge in [0.25, 0.3) is 11.8 Å². The fourth-order valence-electron chi connectivity index (χ4n) is 4.63. The van der Waals surface area contributed by atoms with Crippen LogP contribution in [0.5, 0.6) is 0 Å². The summed E-state index contributed by atoms with van der Waals surface area (Å²) in [6.07, 6.45) is -0.0933. The number of halogens is 1. The zero-order valence-corrected chi connectivity index (χ0v) is 25.7. The van der Waals surface area contributed by atoms with Gasteiger partial charge in [-0.3, -0.25) is 14.4 Å². The summed E-state index contributed by atoms with van der Waals surface area (Å²) in [6.45, 7) is 7.28. The minimum Gasteiger partial charge on any atom is -0.459 e. The summed E-state index contributed by atoms with van der Waals surface area (Å²) in [5.74, 6) is -2.41. The molecule has 14 heteroatoms. The molecular formula is C31H39FN6O7. The number of ether oxygens (including phenoxy) is 1. The molecule has 13 nitrogen and oxygen atoms in total. The number of likely N-dealkylation sites (tertiary alicyclic amines) is 1. The van der Waals surface area contributed by atoms with E-state index in [2.05, 4.69) is 21.1 Å². The maximum Gasteiger partial charge on any atom is 0.324 e. The second kappa shape index (κ2) is 16.6. The number of hydrogen-bond donors (Lipinski definition) is 4. The molecule has 1 aromatic heterocycles. The first-order valence-corrected chi connectivity index (χ1v) is 14.6. The molecule has 0 aliphatic carbocycles. The maximum absolute atomic E-state index is 14.4. The molecule has 242 valence electrons. The molecule has 4 N–H and O–H groups in total. The minimum atomic E-state index is -1.63. The number of amides is 2. The van der Waals surface area contributed by atoms with E-state index in [1.807, 2.05) is 19.9 Å². The van der Waals surface area contributed by atoms with Crippen molar-refractivity contribution in [3.05, 3.63) is 64.3 Å². The van der Waals surface area contributed by atoms with Gasteiger partial charge in [0, 0.05) is 44.2 Å². The lowest BCUT2D eigenvalue weighted by Crippen LogP contribution is -2.55. The van der Waals surface area contributed by atoms with Gasteiger partial charge in [-0.05, 0) is 31.4 Å². The van der Waals surface area contributed by atoms with Crippen molar-refractivity contribution >= 4 is 24.1 Å². The third-order valence-corrected chi connectivity index (χ3v) is 7.03. The third kappa shape index (κ3) is 10.3. The Hall–Kier alpha value is -4.45. The Balaban J connectivity index is 1.69. The fourth-order valence-corrected chi connectivity index (χ4v) is 4.63. The standard InChI is InChI=1S/C31H39FN6O7/c1-18(2)9-22(12-33)30(42)38-8-7-23(16-38)44-31(43)26(14-34-13-21-6-5-19(3)10-24(21)32)35-15-25(27(40)17-39)36-29(41)28-11-20(4)37-45-28/h5-6,9-11,17-18,23,25-27,34-35,40H,7-8,13-16H2,1-4H3,(H,36,41)/t23-,25+,26+,27+/m1/s1. The molecule has 1 aromatic carbocycles. The lowest BCUT2D eigenvalue weighted by atomic mass is 10.1. The number of hydrogen-bond acceptors (Lipinski definition) is 11. The summed E-state index contributed by atoms with van der Waals surface area (Å²) in [6, 6.07) is 5.86. The summed E-state index contributed by atoms with van der Waals surface area (Å²) in [4.78, 5) is 51.6. The number of rotatable bonds is 15. The van der Waals surface area contributed by atoms with Crippen molar-refractivity contribution in [2.75, 3.05) is 26.2 Å². The van der Waals surface area contributed by atoms with Crippen molar-refractivity contribution < 1.29 is 37.9 Å². The number of nitrogens with zero attached hydrogens (tertiary/aromatic N) is 3. The van der Waals surface area contributed by atoms with Crippen LogP contribution >= 0.6 is 0 Å². The molecule has 0 saturated carbocycles. The van der Waals surface area contributed by atoms with Crippen LogP contribution in [0.2, 0.25) is 0 Å². The van der Waals surface area contributed by atoms with Crippen LogP contribution in [0, 0.1) is 36.9 Å². The monoisotopic (exact) mass is 626 g/mol. The molecule has 0 bridgehead atoms. The van der Waals surface area contributed by atoms with Crippen molar-refractivity contribution in [1.29, 1.82) is 5.26 Å². The number of benzene rings is 1. The highest BCUT2D eigenvalue weighted by molar-refractivity contribution is 5.97. The predicted molar refractivity (Wildman–Crippen MR) is 159 cm³/mol. The molecule has 1 aliphatic heterocycles. The van der Waals surface area contributed by atoms with Crippen LogP contribution in [0.3, 0.4) is 0 Å². The summed E-state index contributed by atoms with van der Waals surface area (Å²) in [5, 5.41) is 31.8. The Bertz CT molecular complexity index is 1440. The van der Waals surface area contributed by atoms with Gasteiger partial charge in [-0.2, -0.15) is 5.26 Å². The molecule has 2 aromatic rings. The topological polar surface area (TPSA) is 187 Å². The molecule has 3 rings (SSSR count). The minimum absolute atomic E-state index is 0.00116. The molecule has 1 saturated heterocycles. The second-order valence-electron chi connectivity index (χ2n) is 11.3. The number of esters is 1. The Morgan fingerprint density at radius 1 is 1.27 bits per heavy atom. The largest absolute Gasteiger partial charge is 0.459 e. The van der Waals surface area contributed by atoms with Gasteiger partial charge in [-0.25, -0.2) is 4.39 Å². The van der Waals surface area contributed by atoms with Gasteiger partial charge in [0.15, 0.2) is 6.29 Å². The number of aliphatic hydroxyl groups excluding tert-OH is 1. The first-order valence-electron chi connectivity index (χ1n) is 14.6. The van der Waals surface area contributed by atoms with Crippen molar-refractivity contribution in [1.82, 2.24) is 26.0 Å². The van der Waals surface area contributed by atoms with Gasteiger partial charge in [0.05, 0.1) is 18.3 Å². The van der Waals surface area contributed by atoms with Gasteiger partial charge in [0.1, 0.15) is 35.7 Å². The van der Waals surface area contributed by atoms with E-state index in [4.69, 9.17) is 9.26 Å². The van der Waals surface area contributed by atoms with E-state index in [0.29, 0.717) is 17.7 Å². The molecular weight excluding hydrogens is 587 g/mol. The Morgan fingerprint density at radius 3 is 2.64 bits per heavy atom. The van der Waals surface area contributed by atoms with E-state index >= 15 is 0 Å². The SMILES string of the molecule is Cc1ccc(CNC[C@H](NC[C@H](NC(=O)c2cc(C)no2)[C@@H](O)C=O)C(=O)O[C@@H]2CCN(C(=O)C(C#N)=CC(C)C)C2)c(F)c1. The van der Waals surface area contributed by atoms with Crippen LogP contribution in [0.25, 0.3) is 0 Å². The zero-order chi connectivity index (χ0) is 33.1. The van der Waals surface area contributed by atoms with E-state index in [9.17, 15) is 33.9 Å². The number of allylic oxidation sites excluding steroid dienone is 1. The Labute approximate surface area is 260 Å². The van der Waals surface area contributed by atoms with Crippen LogP contribution in [0.4, 0.5) is 4.39 Å². The normalized spacial score (nSPS) is 17.0. The van der Waals surface area contributed by atoms with E-state index < -0.39 is 47.9 Å². The highest BCUT2D eigenvalue weighted by Gasteiger charge is 2.33. The number of nitriles is 1. The molecule has 1 fully saturated rings. The average molecular weight is 627 g/mol. The van der Waals surface area contributed by atoms with Gasteiger partial charge >= 0.3 is 5.97 Å². The van der Waals surface area contributed by atoms with Gasteiger partial charge < -0.3 is 40.0 Å². The summed E-state index contributed by atoms with van der Waals surface area (Å²) in [7, 11) is 0. The third-order valence-electron chi connectivity index (χ3n) is 7.03. The number of aldehydes is 1. The molecule has 45 heavy (non-hydrogen) atoms. The van der Waals surface area contributed by atoms with E-state index in [1.165, 1.54) is 17.0 Å². The number of aryl methyl sites for hydroxylation is 2. The molecule has 4 atom stereocenters. The maximum atomic E-state index is 14.4. The predicted octanol–water partition coefficient (Wildman–Crippen LogP) is 1.09. The lowest BCUT2D eigenvalue weighted by Gasteiger charge is -2.25. The van der Waals surface area contributed by atoms with E-state index in [-0.39, 0.29) is 56.3 Å². The van der Waals surface area contributed by atoms with E-state index in [0.717, 1.165) is 5.56 Å². The van der Waals surface area contributed by atoms with Gasteiger partial charge in [-0.1, -0.05) is 37.2 Å². The summed E-state index contributed by atoms with van der Waals surface area (Å²) >= 11 is 0. The van der Waals surface area contributed by atoms with Crippen molar-refractivity contribution in [2.45, 2.75) is 65.0 Å². The van der Waals surface area contributed by atoms with Crippen LogP contribution < -0.4 is 16.0 Å². The highest BCUT2D eigenvalue weighted by Crippen LogP contribution is 2.17. The number of carbonyl (C=O) groups is 4. The van der Waals surface area contributed by atoms with Crippen LogP contribution in [0.15, 0.2) is 40.4 Å².